The van der Waals surface area contributed by atoms with Crippen molar-refractivity contribution in [3.63, 3.8) is 0 Å². The molecule has 0 unspecified atom stereocenters. The zero-order valence-electron chi connectivity index (χ0n) is 22.8. The minimum absolute atomic E-state index is 0.0776. The normalized spacial score (nSPS) is 26.2. The number of ether oxygens (including phenoxy) is 2. The number of nitrogens with one attached hydrogen (secondary N) is 1. The predicted molar refractivity (Wildman–Crippen MR) is 139 cm³/mol. The number of likely N-dealkylation sites (tertiary alicyclic amines) is 1. The van der Waals surface area contributed by atoms with Gasteiger partial charge >= 0.3 is 12.4 Å². The number of nitrogens with zero attached hydrogens (tertiary/aromatic N) is 1. The van der Waals surface area contributed by atoms with Crippen LogP contribution in [0.4, 0.5) is 26.3 Å². The van der Waals surface area contributed by atoms with Crippen LogP contribution in [-0.2, 0) is 32.2 Å². The van der Waals surface area contributed by atoms with E-state index in [2.05, 4.69) is 10.2 Å². The number of hydrogen-bond acceptors (Lipinski definition) is 4. The number of alkyl halides is 6. The van der Waals surface area contributed by atoms with Crippen LogP contribution in [0.25, 0.3) is 0 Å². The lowest BCUT2D eigenvalue weighted by molar-refractivity contribution is -0.189. The summed E-state index contributed by atoms with van der Waals surface area (Å²) < 4.78 is 92.4. The molecular weight excluding hydrogens is 550 g/mol. The Morgan fingerprint density at radius 3 is 1.93 bits per heavy atom. The lowest BCUT2D eigenvalue weighted by atomic mass is 9.73. The molecule has 5 rings (SSSR count). The van der Waals surface area contributed by atoms with E-state index >= 15 is 0 Å². The lowest BCUT2D eigenvalue weighted by Crippen LogP contribution is -2.54. The fraction of sp³-hybridized carbons (Fsp3) is 0.567. The van der Waals surface area contributed by atoms with Crippen molar-refractivity contribution in [1.29, 1.82) is 0 Å². The highest BCUT2D eigenvalue weighted by Crippen LogP contribution is 2.42. The Kier molecular flexibility index (Phi) is 8.17. The molecule has 2 aliphatic heterocycles. The summed E-state index contributed by atoms with van der Waals surface area (Å²) in [5.41, 5.74) is -3.12. The second kappa shape index (κ2) is 11.2. The summed E-state index contributed by atoms with van der Waals surface area (Å²) in [6.45, 7) is 4.23. The van der Waals surface area contributed by atoms with E-state index in [4.69, 9.17) is 9.47 Å². The van der Waals surface area contributed by atoms with Crippen LogP contribution in [0.1, 0.15) is 73.6 Å². The van der Waals surface area contributed by atoms with Gasteiger partial charge in [-0.3, -0.25) is 9.69 Å². The first-order valence-corrected chi connectivity index (χ1v) is 14.0. The van der Waals surface area contributed by atoms with Crippen molar-refractivity contribution in [1.82, 2.24) is 10.2 Å². The summed E-state index contributed by atoms with van der Waals surface area (Å²) >= 11 is 0. The van der Waals surface area contributed by atoms with E-state index in [0.717, 1.165) is 44.3 Å². The first-order valence-electron chi connectivity index (χ1n) is 14.0. The van der Waals surface area contributed by atoms with E-state index in [9.17, 15) is 31.1 Å². The molecule has 41 heavy (non-hydrogen) atoms. The minimum atomic E-state index is -4.99. The highest BCUT2D eigenvalue weighted by molar-refractivity contribution is 5.84. The summed E-state index contributed by atoms with van der Waals surface area (Å²) in [4.78, 5) is 16.0. The Morgan fingerprint density at radius 2 is 1.41 bits per heavy atom. The van der Waals surface area contributed by atoms with Crippen molar-refractivity contribution in [3.05, 3.63) is 70.8 Å². The van der Waals surface area contributed by atoms with Crippen LogP contribution in [0.2, 0.25) is 0 Å². The van der Waals surface area contributed by atoms with Crippen molar-refractivity contribution in [2.24, 2.45) is 0 Å². The Morgan fingerprint density at radius 1 is 0.878 bits per heavy atom. The van der Waals surface area contributed by atoms with Gasteiger partial charge in [-0.1, -0.05) is 30.3 Å². The first-order chi connectivity index (χ1) is 19.3. The molecule has 1 saturated carbocycles. The molecule has 1 spiro atoms. The molecule has 2 heterocycles. The fourth-order valence-corrected chi connectivity index (χ4v) is 6.44. The van der Waals surface area contributed by atoms with Gasteiger partial charge in [0.2, 0.25) is 5.91 Å². The molecule has 2 aromatic rings. The number of halogens is 6. The third kappa shape index (κ3) is 6.41. The van der Waals surface area contributed by atoms with Gasteiger partial charge in [0.05, 0.1) is 35.8 Å². The van der Waals surface area contributed by atoms with Gasteiger partial charge in [-0.05, 0) is 61.9 Å². The molecule has 0 radical (unpaired) electrons. The number of benzene rings is 2. The van der Waals surface area contributed by atoms with Crippen molar-refractivity contribution in [3.8, 4) is 0 Å². The Balaban J connectivity index is 1.33. The number of carbonyl (C=O) groups is 1. The third-order valence-corrected chi connectivity index (χ3v) is 8.89. The van der Waals surface area contributed by atoms with Crippen LogP contribution in [0.15, 0.2) is 48.5 Å². The molecule has 1 N–H and O–H groups in total. The molecule has 2 saturated heterocycles. The Labute approximate surface area is 235 Å². The standard InChI is InChI=1S/C30H34F6N2O3/c1-20(21-17-23(29(31,32)33)19-24(18-21)30(34,35)36)26(39)37-27(22-5-3-2-4-6-22)9-7-25(8-10-27)38-13-11-28(12-14-38)40-15-16-41-28/h2-6,17-20,25H,7-16H2,1H3,(H,37,39)/t20-,25?,27?/m0/s1. The van der Waals surface area contributed by atoms with E-state index in [0.29, 0.717) is 38.2 Å². The van der Waals surface area contributed by atoms with Gasteiger partial charge in [0.25, 0.3) is 0 Å². The third-order valence-electron chi connectivity index (χ3n) is 8.89. The zero-order chi connectivity index (χ0) is 29.5. The highest BCUT2D eigenvalue weighted by Gasteiger charge is 2.45. The Bertz CT molecular complexity index is 1180. The highest BCUT2D eigenvalue weighted by atomic mass is 19.4. The number of hydrogen-bond donors (Lipinski definition) is 1. The van der Waals surface area contributed by atoms with Crippen LogP contribution in [-0.4, -0.2) is 48.9 Å². The molecule has 0 bridgehead atoms. The maximum absolute atomic E-state index is 13.5. The van der Waals surface area contributed by atoms with E-state index in [1.807, 2.05) is 30.3 Å². The molecular formula is C30H34F6N2O3. The average molecular weight is 585 g/mol. The molecule has 1 aliphatic carbocycles. The molecule has 1 atom stereocenters. The summed E-state index contributed by atoms with van der Waals surface area (Å²) in [5, 5.41) is 3.07. The van der Waals surface area contributed by atoms with Crippen LogP contribution in [0, 0.1) is 0 Å². The van der Waals surface area contributed by atoms with Gasteiger partial charge in [0.1, 0.15) is 0 Å². The summed E-state index contributed by atoms with van der Waals surface area (Å²) in [7, 11) is 0. The number of piperidine rings is 1. The summed E-state index contributed by atoms with van der Waals surface area (Å²) in [6, 6.07) is 11.0. The van der Waals surface area contributed by atoms with Gasteiger partial charge in [0, 0.05) is 32.0 Å². The molecule has 1 amide bonds. The van der Waals surface area contributed by atoms with Crippen molar-refractivity contribution < 1.29 is 40.6 Å². The van der Waals surface area contributed by atoms with Gasteiger partial charge in [-0.25, -0.2) is 0 Å². The van der Waals surface area contributed by atoms with E-state index in [-0.39, 0.29) is 17.7 Å². The topological polar surface area (TPSA) is 50.8 Å². The molecule has 2 aromatic carbocycles. The summed E-state index contributed by atoms with van der Waals surface area (Å²) in [5.74, 6) is -2.32. The number of carbonyl (C=O) groups excluding carboxylic acids is 1. The van der Waals surface area contributed by atoms with Crippen molar-refractivity contribution in [2.45, 2.75) is 81.1 Å². The molecule has 224 valence electrons. The van der Waals surface area contributed by atoms with Crippen molar-refractivity contribution in [2.75, 3.05) is 26.3 Å². The maximum atomic E-state index is 13.5. The van der Waals surface area contributed by atoms with Crippen LogP contribution < -0.4 is 5.32 Å². The largest absolute Gasteiger partial charge is 0.416 e. The average Bonchev–Trinajstić information content (AvgIpc) is 3.40. The van der Waals surface area contributed by atoms with Gasteiger partial charge in [0.15, 0.2) is 5.79 Å². The predicted octanol–water partition coefficient (Wildman–Crippen LogP) is 6.62. The SMILES string of the molecule is C[C@H](C(=O)NC1(c2ccccc2)CCC(N2CCC3(CC2)OCCO3)CC1)c1cc(C(F)(F)F)cc(C(F)(F)F)c1. The lowest BCUT2D eigenvalue weighted by Gasteiger charge is -2.47. The van der Waals surface area contributed by atoms with E-state index in [1.54, 1.807) is 0 Å². The number of rotatable bonds is 5. The van der Waals surface area contributed by atoms with Crippen LogP contribution in [0.3, 0.4) is 0 Å². The second-order valence-electron chi connectivity index (χ2n) is 11.4. The zero-order valence-corrected chi connectivity index (χ0v) is 22.8. The van der Waals surface area contributed by atoms with E-state index < -0.39 is 46.6 Å². The summed E-state index contributed by atoms with van der Waals surface area (Å²) in [6.07, 6.45) is -5.66. The van der Waals surface area contributed by atoms with E-state index in [1.165, 1.54) is 6.92 Å². The number of amides is 1. The van der Waals surface area contributed by atoms with Crippen LogP contribution in [0.5, 0.6) is 0 Å². The van der Waals surface area contributed by atoms with Gasteiger partial charge in [-0.2, -0.15) is 26.3 Å². The van der Waals surface area contributed by atoms with Crippen molar-refractivity contribution >= 4 is 5.91 Å². The minimum Gasteiger partial charge on any atom is -0.347 e. The molecule has 0 aromatic heterocycles. The molecule has 5 nitrogen and oxygen atoms in total. The first kappa shape index (κ1) is 29.8. The maximum Gasteiger partial charge on any atom is 0.416 e. The fourth-order valence-electron chi connectivity index (χ4n) is 6.44. The smallest absolute Gasteiger partial charge is 0.347 e. The van der Waals surface area contributed by atoms with Gasteiger partial charge < -0.3 is 14.8 Å². The van der Waals surface area contributed by atoms with Gasteiger partial charge in [-0.15, -0.1) is 0 Å². The molecule has 11 heteroatoms. The monoisotopic (exact) mass is 584 g/mol. The molecule has 3 aliphatic rings. The quantitative estimate of drug-likeness (QED) is 0.402. The Hall–Kier alpha value is -2.63. The van der Waals surface area contributed by atoms with Crippen LogP contribution >= 0.6 is 0 Å². The molecule has 3 fully saturated rings. The second-order valence-corrected chi connectivity index (χ2v) is 11.4.